The number of aryl methyl sites for hydroxylation is 1. The number of rotatable bonds is 9. The summed E-state index contributed by atoms with van der Waals surface area (Å²) in [6.07, 6.45) is 9.86. The monoisotopic (exact) mass is 409 g/mol. The van der Waals surface area contributed by atoms with Gasteiger partial charge in [0.25, 0.3) is 11.5 Å². The first-order valence-electron chi connectivity index (χ1n) is 9.84. The third-order valence-electron chi connectivity index (χ3n) is 4.78. The summed E-state index contributed by atoms with van der Waals surface area (Å²) in [5.74, 6) is 2.42. The number of hydrogen-bond donors (Lipinski definition) is 2. The molecule has 2 aromatic rings. The molecule has 1 aliphatic rings. The molecule has 0 spiro atoms. The third kappa shape index (κ3) is 5.50. The second-order valence-electron chi connectivity index (χ2n) is 7.04. The third-order valence-corrected chi connectivity index (χ3v) is 4.78. The molecule has 158 valence electrons. The minimum absolute atomic E-state index is 0.0307. The first kappa shape index (κ1) is 21.2. The summed E-state index contributed by atoms with van der Waals surface area (Å²) in [6, 6.07) is 5.05. The topological polar surface area (TPSA) is 94.1 Å². The van der Waals surface area contributed by atoms with Gasteiger partial charge in [0, 0.05) is 30.8 Å². The Bertz CT molecular complexity index is 1020. The Morgan fingerprint density at radius 2 is 2.20 bits per heavy atom. The summed E-state index contributed by atoms with van der Waals surface area (Å²) in [5, 5.41) is 14.6. The Balaban J connectivity index is 1.54. The molecular formula is C22H27N5O3. The van der Waals surface area contributed by atoms with Crippen LogP contribution < -0.4 is 10.9 Å². The zero-order chi connectivity index (χ0) is 21.5. The maximum absolute atomic E-state index is 11.4. The number of allylic oxidation sites excluding steroid dienone is 4. The Morgan fingerprint density at radius 3 is 2.93 bits per heavy atom. The van der Waals surface area contributed by atoms with Crippen LogP contribution in [-0.2, 0) is 16.5 Å². The molecule has 2 N–H and O–H groups in total. The van der Waals surface area contributed by atoms with Crippen molar-refractivity contribution in [3.63, 3.8) is 0 Å². The normalized spacial score (nSPS) is 19.1. The molecule has 1 aliphatic carbocycles. The molecule has 1 fully saturated rings. The van der Waals surface area contributed by atoms with Gasteiger partial charge in [0.1, 0.15) is 11.9 Å². The van der Waals surface area contributed by atoms with Gasteiger partial charge in [0.15, 0.2) is 11.6 Å². The molecule has 8 heteroatoms. The van der Waals surface area contributed by atoms with Crippen LogP contribution in [0, 0.1) is 0 Å². The first-order valence-corrected chi connectivity index (χ1v) is 9.84. The summed E-state index contributed by atoms with van der Waals surface area (Å²) < 4.78 is 12.8. The number of anilines is 2. The van der Waals surface area contributed by atoms with E-state index in [4.69, 9.17) is 9.47 Å². The van der Waals surface area contributed by atoms with Crippen molar-refractivity contribution in [2.24, 2.45) is 7.05 Å². The van der Waals surface area contributed by atoms with Crippen molar-refractivity contribution in [2.75, 3.05) is 5.32 Å². The fourth-order valence-electron chi connectivity index (χ4n) is 3.39. The van der Waals surface area contributed by atoms with Gasteiger partial charge in [0.2, 0.25) is 0 Å². The molecule has 1 saturated carbocycles. The van der Waals surface area contributed by atoms with Crippen LogP contribution >= 0.6 is 0 Å². The van der Waals surface area contributed by atoms with Crippen molar-refractivity contribution in [1.82, 2.24) is 20.0 Å². The fourth-order valence-corrected chi connectivity index (χ4v) is 3.39. The van der Waals surface area contributed by atoms with Gasteiger partial charge in [-0.15, -0.1) is 0 Å². The highest BCUT2D eigenvalue weighted by Gasteiger charge is 2.29. The highest BCUT2D eigenvalue weighted by Crippen LogP contribution is 2.36. The molecular weight excluding hydrogens is 382 g/mol. The number of hydrogen-bond acceptors (Lipinski definition) is 6. The Hall–Kier alpha value is -3.55. The smallest absolute Gasteiger partial charge is 0.277 e. The average molecular weight is 409 g/mol. The van der Waals surface area contributed by atoms with Gasteiger partial charge in [-0.1, -0.05) is 18.7 Å². The van der Waals surface area contributed by atoms with Crippen LogP contribution in [0.25, 0.3) is 0 Å². The lowest BCUT2D eigenvalue weighted by molar-refractivity contribution is 0.0236. The predicted octanol–water partition coefficient (Wildman–Crippen LogP) is 4.03. The molecule has 2 atom stereocenters. The number of aromatic amines is 1. The summed E-state index contributed by atoms with van der Waals surface area (Å²) in [4.78, 5) is 11.4. The quantitative estimate of drug-likeness (QED) is 0.480. The average Bonchev–Trinajstić information content (AvgIpc) is 3.34. The van der Waals surface area contributed by atoms with Crippen LogP contribution in [0.15, 0.2) is 72.2 Å². The van der Waals surface area contributed by atoms with Gasteiger partial charge in [-0.05, 0) is 51.0 Å². The highest BCUT2D eigenvalue weighted by molar-refractivity contribution is 5.51. The van der Waals surface area contributed by atoms with Gasteiger partial charge in [-0.3, -0.25) is 9.89 Å². The number of nitrogens with zero attached hydrogens (tertiary/aromatic N) is 3. The van der Waals surface area contributed by atoms with Crippen molar-refractivity contribution >= 4 is 11.6 Å². The van der Waals surface area contributed by atoms with Crippen LogP contribution in [0.1, 0.15) is 37.8 Å². The van der Waals surface area contributed by atoms with E-state index in [-0.39, 0.29) is 17.6 Å². The Labute approximate surface area is 175 Å². The molecule has 2 heterocycles. The molecule has 0 saturated heterocycles. The van der Waals surface area contributed by atoms with Gasteiger partial charge in [-0.2, -0.15) is 10.2 Å². The number of H-pyrrole nitrogens is 1. The number of aromatic nitrogens is 4. The SMILES string of the molecule is C=C/C=C(\C=C/C)OC(=C)OC1CCC(c2cc(Nc3ccc(=O)n(C)n3)n[nH]2)C1. The van der Waals surface area contributed by atoms with E-state index >= 15 is 0 Å². The van der Waals surface area contributed by atoms with E-state index in [2.05, 4.69) is 33.8 Å². The van der Waals surface area contributed by atoms with Gasteiger partial charge in [0.05, 0.1) is 0 Å². The van der Waals surface area contributed by atoms with E-state index in [1.165, 1.54) is 10.7 Å². The Kier molecular flexibility index (Phi) is 6.90. The van der Waals surface area contributed by atoms with E-state index in [0.29, 0.717) is 23.3 Å². The van der Waals surface area contributed by atoms with Crippen molar-refractivity contribution in [3.8, 4) is 0 Å². The largest absolute Gasteiger partial charge is 0.462 e. The number of nitrogens with one attached hydrogen (secondary N) is 2. The van der Waals surface area contributed by atoms with E-state index in [0.717, 1.165) is 25.0 Å². The minimum atomic E-state index is -0.163. The first-order chi connectivity index (χ1) is 14.5. The summed E-state index contributed by atoms with van der Waals surface area (Å²) >= 11 is 0. The molecule has 3 rings (SSSR count). The lowest BCUT2D eigenvalue weighted by Gasteiger charge is -2.16. The van der Waals surface area contributed by atoms with E-state index in [9.17, 15) is 4.79 Å². The zero-order valence-corrected chi connectivity index (χ0v) is 17.3. The lowest BCUT2D eigenvalue weighted by atomic mass is 10.0. The highest BCUT2D eigenvalue weighted by atomic mass is 16.7. The van der Waals surface area contributed by atoms with Crippen molar-refractivity contribution in [3.05, 3.63) is 83.4 Å². The predicted molar refractivity (Wildman–Crippen MR) is 116 cm³/mol. The minimum Gasteiger partial charge on any atom is -0.462 e. The summed E-state index contributed by atoms with van der Waals surface area (Å²) in [5.41, 5.74) is 0.866. The Morgan fingerprint density at radius 1 is 1.37 bits per heavy atom. The van der Waals surface area contributed by atoms with Crippen LogP contribution in [-0.4, -0.2) is 26.1 Å². The van der Waals surface area contributed by atoms with E-state index in [1.807, 2.05) is 25.1 Å². The summed E-state index contributed by atoms with van der Waals surface area (Å²) in [7, 11) is 1.61. The van der Waals surface area contributed by atoms with E-state index < -0.39 is 0 Å². The standard InChI is InChI=1S/C22H27N5O3/c1-5-7-17(8-6-2)29-15(3)30-18-10-9-16(13-18)19-14-21(25-24-19)23-20-11-12-22(28)27(4)26-20/h5-8,11-12,14,16,18H,1,3,9-10,13H2,2,4H3,(H2,23,24,25,26)/b8-6-,17-7+. The fraction of sp³-hybridized carbons (Fsp3) is 0.318. The maximum Gasteiger partial charge on any atom is 0.277 e. The van der Waals surface area contributed by atoms with Gasteiger partial charge < -0.3 is 14.8 Å². The van der Waals surface area contributed by atoms with Gasteiger partial charge >= 0.3 is 0 Å². The van der Waals surface area contributed by atoms with Gasteiger partial charge in [-0.25, -0.2) is 4.68 Å². The molecule has 2 aromatic heterocycles. The molecule has 0 aliphatic heterocycles. The van der Waals surface area contributed by atoms with Crippen LogP contribution in [0.4, 0.5) is 11.6 Å². The van der Waals surface area contributed by atoms with Crippen LogP contribution in [0.2, 0.25) is 0 Å². The molecule has 0 aromatic carbocycles. The summed E-state index contributed by atoms with van der Waals surface area (Å²) in [6.45, 7) is 9.46. The zero-order valence-electron chi connectivity index (χ0n) is 17.3. The van der Waals surface area contributed by atoms with Crippen LogP contribution in [0.5, 0.6) is 0 Å². The molecule has 0 amide bonds. The van der Waals surface area contributed by atoms with Crippen LogP contribution in [0.3, 0.4) is 0 Å². The number of ether oxygens (including phenoxy) is 2. The molecule has 8 nitrogen and oxygen atoms in total. The maximum atomic E-state index is 11.4. The van der Waals surface area contributed by atoms with Crippen molar-refractivity contribution in [2.45, 2.75) is 38.2 Å². The molecule has 2 unspecified atom stereocenters. The van der Waals surface area contributed by atoms with E-state index in [1.54, 1.807) is 25.3 Å². The van der Waals surface area contributed by atoms with Crippen molar-refractivity contribution < 1.29 is 9.47 Å². The molecule has 0 bridgehead atoms. The molecule has 30 heavy (non-hydrogen) atoms. The van der Waals surface area contributed by atoms with Crippen molar-refractivity contribution in [1.29, 1.82) is 0 Å². The lowest BCUT2D eigenvalue weighted by Crippen LogP contribution is -2.18. The second kappa shape index (κ2) is 9.78. The molecule has 0 radical (unpaired) electrons. The second-order valence-corrected chi connectivity index (χ2v) is 7.04.